The third kappa shape index (κ3) is 4.83. The lowest BCUT2D eigenvalue weighted by Gasteiger charge is -2.10. The molecule has 1 aliphatic carbocycles. The van der Waals surface area contributed by atoms with Gasteiger partial charge in [-0.05, 0) is 41.7 Å². The number of hydrogen-bond acceptors (Lipinski definition) is 2. The maximum atomic E-state index is 4.57. The minimum atomic E-state index is 0. The van der Waals surface area contributed by atoms with Crippen molar-refractivity contribution in [1.82, 2.24) is 10.6 Å². The van der Waals surface area contributed by atoms with Gasteiger partial charge in [-0.25, -0.2) is 4.99 Å². The van der Waals surface area contributed by atoms with Crippen LogP contribution in [0.4, 0.5) is 0 Å². The minimum Gasteiger partial charge on any atom is -0.357 e. The summed E-state index contributed by atoms with van der Waals surface area (Å²) in [7, 11) is 0. The largest absolute Gasteiger partial charge is 0.357 e. The lowest BCUT2D eigenvalue weighted by Crippen LogP contribution is -2.39. The molecule has 2 unspecified atom stereocenters. The second-order valence-electron chi connectivity index (χ2n) is 4.29. The van der Waals surface area contributed by atoms with Gasteiger partial charge in [0.2, 0.25) is 0 Å². The molecule has 2 N–H and O–H groups in total. The molecule has 0 spiro atoms. The standard InChI is InChI=1S/C12H19N3S.HI/c1-3-13-12(15-11-6-9(11)2)14-7-10-4-5-16-8-10;/h4-5,8-9,11H,3,6-7H2,1-2H3,(H2,13,14,15);1H. The van der Waals surface area contributed by atoms with E-state index in [1.807, 2.05) is 0 Å². The zero-order valence-corrected chi connectivity index (χ0v) is 13.4. The first kappa shape index (κ1) is 14.8. The van der Waals surface area contributed by atoms with E-state index in [4.69, 9.17) is 0 Å². The molecule has 1 aliphatic rings. The molecular formula is C12H20IN3S. The maximum Gasteiger partial charge on any atom is 0.191 e. The van der Waals surface area contributed by atoms with Gasteiger partial charge < -0.3 is 10.6 Å². The molecular weight excluding hydrogens is 345 g/mol. The highest BCUT2D eigenvalue weighted by Crippen LogP contribution is 2.28. The van der Waals surface area contributed by atoms with E-state index in [0.29, 0.717) is 6.04 Å². The van der Waals surface area contributed by atoms with Crippen LogP contribution in [0.3, 0.4) is 0 Å². The molecule has 1 saturated carbocycles. The van der Waals surface area contributed by atoms with E-state index in [1.165, 1.54) is 12.0 Å². The molecule has 0 amide bonds. The average Bonchev–Trinajstić information content (AvgIpc) is 2.80. The molecule has 0 saturated heterocycles. The fraction of sp³-hybridized carbons (Fsp3) is 0.583. The normalized spacial score (nSPS) is 22.8. The van der Waals surface area contributed by atoms with Gasteiger partial charge in [0.15, 0.2) is 5.96 Å². The Kier molecular flexibility index (Phi) is 6.26. The van der Waals surface area contributed by atoms with E-state index >= 15 is 0 Å². The third-order valence-electron chi connectivity index (χ3n) is 2.78. The Morgan fingerprint density at radius 3 is 2.88 bits per heavy atom. The van der Waals surface area contributed by atoms with Gasteiger partial charge >= 0.3 is 0 Å². The minimum absolute atomic E-state index is 0. The predicted molar refractivity (Wildman–Crippen MR) is 85.3 cm³/mol. The molecule has 1 aromatic heterocycles. The second-order valence-corrected chi connectivity index (χ2v) is 5.07. The molecule has 1 heterocycles. The molecule has 96 valence electrons. The quantitative estimate of drug-likeness (QED) is 0.489. The highest BCUT2D eigenvalue weighted by atomic mass is 127. The van der Waals surface area contributed by atoms with Crippen LogP contribution in [0.5, 0.6) is 0 Å². The molecule has 0 aromatic carbocycles. The molecule has 0 radical (unpaired) electrons. The monoisotopic (exact) mass is 365 g/mol. The Morgan fingerprint density at radius 1 is 1.59 bits per heavy atom. The van der Waals surface area contributed by atoms with Gasteiger partial charge in [-0.1, -0.05) is 6.92 Å². The summed E-state index contributed by atoms with van der Waals surface area (Å²) in [6.07, 6.45) is 1.27. The lowest BCUT2D eigenvalue weighted by atomic mass is 10.3. The highest BCUT2D eigenvalue weighted by Gasteiger charge is 2.33. The van der Waals surface area contributed by atoms with Crippen molar-refractivity contribution in [3.05, 3.63) is 22.4 Å². The van der Waals surface area contributed by atoms with Crippen LogP contribution in [-0.4, -0.2) is 18.5 Å². The summed E-state index contributed by atoms with van der Waals surface area (Å²) in [6, 6.07) is 2.75. The Bertz CT molecular complexity index is 351. The molecule has 5 heteroatoms. The topological polar surface area (TPSA) is 36.4 Å². The Morgan fingerprint density at radius 2 is 2.35 bits per heavy atom. The number of nitrogens with zero attached hydrogens (tertiary/aromatic N) is 1. The Labute approximate surface area is 124 Å². The first-order valence-corrected chi connectivity index (χ1v) is 6.79. The van der Waals surface area contributed by atoms with E-state index in [0.717, 1.165) is 25.0 Å². The summed E-state index contributed by atoms with van der Waals surface area (Å²) in [5.41, 5.74) is 1.28. The summed E-state index contributed by atoms with van der Waals surface area (Å²) >= 11 is 1.72. The van der Waals surface area contributed by atoms with E-state index in [1.54, 1.807) is 11.3 Å². The van der Waals surface area contributed by atoms with Gasteiger partial charge in [0.25, 0.3) is 0 Å². The van der Waals surface area contributed by atoms with Crippen LogP contribution in [-0.2, 0) is 6.54 Å². The molecule has 2 rings (SSSR count). The van der Waals surface area contributed by atoms with Gasteiger partial charge in [-0.3, -0.25) is 0 Å². The lowest BCUT2D eigenvalue weighted by molar-refractivity contribution is 0.766. The summed E-state index contributed by atoms with van der Waals surface area (Å²) in [6.45, 7) is 6.04. The number of halogens is 1. The maximum absolute atomic E-state index is 4.57. The summed E-state index contributed by atoms with van der Waals surface area (Å²) < 4.78 is 0. The number of nitrogens with one attached hydrogen (secondary N) is 2. The van der Waals surface area contributed by atoms with Crippen LogP contribution in [0, 0.1) is 5.92 Å². The smallest absolute Gasteiger partial charge is 0.191 e. The predicted octanol–water partition coefficient (Wildman–Crippen LogP) is 2.83. The zero-order valence-electron chi connectivity index (χ0n) is 10.3. The van der Waals surface area contributed by atoms with Gasteiger partial charge in [0, 0.05) is 12.6 Å². The van der Waals surface area contributed by atoms with Crippen molar-refractivity contribution in [3.63, 3.8) is 0 Å². The number of aliphatic imine (C=N–C) groups is 1. The number of rotatable bonds is 4. The fourth-order valence-electron chi connectivity index (χ4n) is 1.57. The zero-order chi connectivity index (χ0) is 11.4. The first-order chi connectivity index (χ1) is 7.79. The van der Waals surface area contributed by atoms with Gasteiger partial charge in [-0.15, -0.1) is 24.0 Å². The second kappa shape index (κ2) is 7.20. The summed E-state index contributed by atoms with van der Waals surface area (Å²) in [5.74, 6) is 1.74. The van der Waals surface area contributed by atoms with Crippen molar-refractivity contribution >= 4 is 41.3 Å². The molecule has 1 aromatic rings. The highest BCUT2D eigenvalue weighted by molar-refractivity contribution is 14.0. The average molecular weight is 365 g/mol. The molecule has 17 heavy (non-hydrogen) atoms. The van der Waals surface area contributed by atoms with E-state index in [9.17, 15) is 0 Å². The first-order valence-electron chi connectivity index (χ1n) is 5.85. The third-order valence-corrected chi connectivity index (χ3v) is 3.51. The van der Waals surface area contributed by atoms with Gasteiger partial charge in [0.1, 0.15) is 0 Å². The molecule has 3 nitrogen and oxygen atoms in total. The van der Waals surface area contributed by atoms with Crippen molar-refractivity contribution in [1.29, 1.82) is 0 Å². The molecule has 1 fully saturated rings. The summed E-state index contributed by atoms with van der Waals surface area (Å²) in [5, 5.41) is 11.0. The van der Waals surface area contributed by atoms with Crippen LogP contribution in [0.15, 0.2) is 21.8 Å². The fourth-order valence-corrected chi connectivity index (χ4v) is 2.23. The van der Waals surface area contributed by atoms with Crippen LogP contribution in [0.1, 0.15) is 25.8 Å². The Hall–Kier alpha value is -0.300. The van der Waals surface area contributed by atoms with Crippen LogP contribution >= 0.6 is 35.3 Å². The Balaban J connectivity index is 0.00000144. The van der Waals surface area contributed by atoms with Crippen molar-refractivity contribution in [2.24, 2.45) is 10.9 Å². The summed E-state index contributed by atoms with van der Waals surface area (Å²) in [4.78, 5) is 4.57. The number of thiophene rings is 1. The van der Waals surface area contributed by atoms with Crippen molar-refractivity contribution in [2.45, 2.75) is 32.9 Å². The van der Waals surface area contributed by atoms with Crippen molar-refractivity contribution in [3.8, 4) is 0 Å². The van der Waals surface area contributed by atoms with Gasteiger partial charge in [0.05, 0.1) is 6.54 Å². The van der Waals surface area contributed by atoms with Crippen LogP contribution in [0.25, 0.3) is 0 Å². The SMILES string of the molecule is CCNC(=NCc1ccsc1)NC1CC1C.I. The van der Waals surface area contributed by atoms with Crippen molar-refractivity contribution in [2.75, 3.05) is 6.54 Å². The molecule has 0 bridgehead atoms. The molecule has 0 aliphatic heterocycles. The van der Waals surface area contributed by atoms with Crippen molar-refractivity contribution < 1.29 is 0 Å². The van der Waals surface area contributed by atoms with E-state index in [2.05, 4.69) is 46.3 Å². The number of hydrogen-bond donors (Lipinski definition) is 2. The van der Waals surface area contributed by atoms with Gasteiger partial charge in [-0.2, -0.15) is 11.3 Å². The van der Waals surface area contributed by atoms with E-state index < -0.39 is 0 Å². The number of guanidine groups is 1. The van der Waals surface area contributed by atoms with E-state index in [-0.39, 0.29) is 24.0 Å². The van der Waals surface area contributed by atoms with Crippen LogP contribution < -0.4 is 10.6 Å². The van der Waals surface area contributed by atoms with Crippen LogP contribution in [0.2, 0.25) is 0 Å². The molecule has 2 atom stereocenters.